The van der Waals surface area contributed by atoms with Crippen LogP contribution in [0.1, 0.15) is 20.8 Å². The van der Waals surface area contributed by atoms with Gasteiger partial charge in [0.1, 0.15) is 5.60 Å². The Labute approximate surface area is 120 Å². The molecule has 0 saturated heterocycles. The van der Waals surface area contributed by atoms with Gasteiger partial charge in [-0.15, -0.1) is 0 Å². The Morgan fingerprint density at radius 3 is 2.15 bits per heavy atom. The summed E-state index contributed by atoms with van der Waals surface area (Å²) in [7, 11) is 0. The van der Waals surface area contributed by atoms with E-state index in [1.807, 2.05) is 5.32 Å². The van der Waals surface area contributed by atoms with Crippen LogP contribution in [0.15, 0.2) is 0 Å². The number of amides is 1. The monoisotopic (exact) mass is 213 g/mol. The van der Waals surface area contributed by atoms with Crippen LogP contribution in [0.4, 0.5) is 4.79 Å². The van der Waals surface area contributed by atoms with Crippen molar-refractivity contribution in [3.05, 3.63) is 0 Å². The number of alkyl carbamates (subject to hydrolysis) is 1. The van der Waals surface area contributed by atoms with Crippen LogP contribution < -0.4 is 61.8 Å². The molecule has 6 heteroatoms. The zero-order valence-electron chi connectivity index (χ0n) is 8.34. The fourth-order valence-electron chi connectivity index (χ4n) is 0.459. The summed E-state index contributed by atoms with van der Waals surface area (Å²) in [5, 5.41) is 11.9. The first-order chi connectivity index (χ1) is 5.31. The van der Waals surface area contributed by atoms with Crippen molar-refractivity contribution >= 4 is 12.1 Å². The molecule has 1 amide bonds. The van der Waals surface area contributed by atoms with Crippen molar-refractivity contribution in [1.82, 2.24) is 5.32 Å². The smallest absolute Gasteiger partial charge is 0.548 e. The predicted molar refractivity (Wildman–Crippen MR) is 39.2 cm³/mol. The van der Waals surface area contributed by atoms with E-state index >= 15 is 0 Å². The second-order valence-corrected chi connectivity index (χ2v) is 3.23. The first-order valence-corrected chi connectivity index (χ1v) is 3.48. The van der Waals surface area contributed by atoms with Crippen LogP contribution in [0.3, 0.4) is 0 Å². The Bertz CT molecular complexity index is 187. The summed E-state index contributed by atoms with van der Waals surface area (Å²) in [5.74, 6) is -1.35. The number of ether oxygens (including phenoxy) is 1. The van der Waals surface area contributed by atoms with E-state index in [4.69, 9.17) is 4.74 Å². The molecule has 0 unspecified atom stereocenters. The van der Waals surface area contributed by atoms with Crippen LogP contribution in [0, 0.1) is 0 Å². The van der Waals surface area contributed by atoms with Gasteiger partial charge < -0.3 is 20.0 Å². The molecule has 5 nitrogen and oxygen atoms in total. The maximum Gasteiger partial charge on any atom is 1.00 e. The summed E-state index contributed by atoms with van der Waals surface area (Å²) in [6, 6.07) is 0. The molecule has 0 radical (unpaired) electrons. The number of nitrogens with one attached hydrogen (secondary N) is 1. The third kappa shape index (κ3) is 12.4. The Hall–Kier alpha value is 0.376. The van der Waals surface area contributed by atoms with Crippen LogP contribution in [0.5, 0.6) is 0 Å². The second-order valence-electron chi connectivity index (χ2n) is 3.23. The van der Waals surface area contributed by atoms with Gasteiger partial charge in [-0.05, 0) is 20.8 Å². The summed E-state index contributed by atoms with van der Waals surface area (Å²) in [6.45, 7) is 4.53. The average molecular weight is 213 g/mol. The average Bonchev–Trinajstić information content (AvgIpc) is 1.79. The van der Waals surface area contributed by atoms with Gasteiger partial charge in [-0.2, -0.15) is 0 Å². The molecule has 0 aromatic carbocycles. The van der Waals surface area contributed by atoms with Crippen LogP contribution in [-0.2, 0) is 9.53 Å². The molecule has 0 aromatic heterocycles. The summed E-state index contributed by atoms with van der Waals surface area (Å²) in [4.78, 5) is 20.6. The fourth-order valence-corrected chi connectivity index (χ4v) is 0.459. The molecule has 0 rings (SSSR count). The fraction of sp³-hybridized carbons (Fsp3) is 0.714. The molecule has 0 aromatic rings. The largest absolute Gasteiger partial charge is 1.00 e. The molecular weight excluding hydrogens is 201 g/mol. The van der Waals surface area contributed by atoms with E-state index in [9.17, 15) is 14.7 Å². The quantitative estimate of drug-likeness (QED) is 0.478. The van der Waals surface area contributed by atoms with Gasteiger partial charge in [0.2, 0.25) is 0 Å². The van der Waals surface area contributed by atoms with Crippen LogP contribution in [-0.4, -0.2) is 24.2 Å². The van der Waals surface area contributed by atoms with Crippen LogP contribution >= 0.6 is 0 Å². The van der Waals surface area contributed by atoms with Gasteiger partial charge >= 0.3 is 57.5 Å². The molecule has 0 atom stereocenters. The van der Waals surface area contributed by atoms with Crippen molar-refractivity contribution in [3.8, 4) is 0 Å². The van der Waals surface area contributed by atoms with Crippen molar-refractivity contribution in [2.24, 2.45) is 0 Å². The summed E-state index contributed by atoms with van der Waals surface area (Å²) in [5.41, 5.74) is -0.615. The normalized spacial score (nSPS) is 9.77. The molecule has 0 aliphatic heterocycles. The van der Waals surface area contributed by atoms with Gasteiger partial charge in [-0.25, -0.2) is 4.79 Å². The van der Waals surface area contributed by atoms with Gasteiger partial charge in [0.05, 0.1) is 12.5 Å². The van der Waals surface area contributed by atoms with Crippen molar-refractivity contribution in [2.45, 2.75) is 26.4 Å². The Kier molecular flexibility index (Phi) is 8.25. The van der Waals surface area contributed by atoms with Gasteiger partial charge in [0.15, 0.2) is 0 Å². The minimum atomic E-state index is -1.35. The van der Waals surface area contributed by atoms with Crippen LogP contribution in [0.25, 0.3) is 0 Å². The number of hydrogen-bond donors (Lipinski definition) is 1. The predicted octanol–water partition coefficient (Wildman–Crippen LogP) is -3.73. The number of carboxylic acid groups (broad SMARTS) is 1. The third-order valence-corrected chi connectivity index (χ3v) is 0.776. The maximum atomic E-state index is 10.7. The van der Waals surface area contributed by atoms with E-state index in [2.05, 4.69) is 0 Å². The van der Waals surface area contributed by atoms with Gasteiger partial charge in [0, 0.05) is 0 Å². The molecule has 13 heavy (non-hydrogen) atoms. The number of carbonyl (C=O) groups is 2. The molecule has 0 aliphatic carbocycles. The number of hydrogen-bond acceptors (Lipinski definition) is 4. The maximum absolute atomic E-state index is 10.7. The van der Waals surface area contributed by atoms with E-state index in [-0.39, 0.29) is 51.4 Å². The first-order valence-electron chi connectivity index (χ1n) is 3.48. The molecule has 0 fully saturated rings. The molecule has 70 valence electrons. The van der Waals surface area contributed by atoms with E-state index < -0.39 is 24.2 Å². The first kappa shape index (κ1) is 15.8. The standard InChI is InChI=1S/C7H13NO4.K/c1-7(2,3)12-6(11)8-4-5(9)10;/h4H2,1-3H3,(H,8,11)(H,9,10);/q;+1/p-1. The molecule has 0 saturated carbocycles. The van der Waals surface area contributed by atoms with Crippen LogP contribution in [0.2, 0.25) is 0 Å². The van der Waals surface area contributed by atoms with Crippen molar-refractivity contribution in [2.75, 3.05) is 6.54 Å². The number of rotatable bonds is 2. The minimum absolute atomic E-state index is 0. The summed E-state index contributed by atoms with van der Waals surface area (Å²) >= 11 is 0. The van der Waals surface area contributed by atoms with Crippen molar-refractivity contribution in [1.29, 1.82) is 0 Å². The van der Waals surface area contributed by atoms with Gasteiger partial charge in [-0.3, -0.25) is 0 Å². The van der Waals surface area contributed by atoms with Crippen molar-refractivity contribution in [3.63, 3.8) is 0 Å². The zero-order valence-corrected chi connectivity index (χ0v) is 11.5. The molecule has 0 heterocycles. The number of aliphatic carboxylic acids is 1. The Morgan fingerprint density at radius 2 is 1.85 bits per heavy atom. The summed E-state index contributed by atoms with van der Waals surface area (Å²) < 4.78 is 4.75. The molecular formula is C7H12KNO4. The van der Waals surface area contributed by atoms with E-state index in [1.165, 1.54) is 0 Å². The third-order valence-electron chi connectivity index (χ3n) is 0.776. The van der Waals surface area contributed by atoms with Gasteiger partial charge in [-0.1, -0.05) is 0 Å². The molecule has 1 N–H and O–H groups in total. The van der Waals surface area contributed by atoms with Gasteiger partial charge in [0.25, 0.3) is 0 Å². The molecule has 0 spiro atoms. The topological polar surface area (TPSA) is 78.5 Å². The minimum Gasteiger partial charge on any atom is -0.548 e. The number of carbonyl (C=O) groups excluding carboxylic acids is 2. The van der Waals surface area contributed by atoms with E-state index in [0.717, 1.165) is 0 Å². The molecule has 0 aliphatic rings. The zero-order chi connectivity index (χ0) is 9.78. The molecule has 0 bridgehead atoms. The van der Waals surface area contributed by atoms with E-state index in [1.54, 1.807) is 20.8 Å². The number of carboxylic acids is 1. The van der Waals surface area contributed by atoms with E-state index in [0.29, 0.717) is 0 Å². The SMILES string of the molecule is CC(C)(C)OC(=O)NCC(=O)[O-].[K+]. The Balaban J connectivity index is 0. The Morgan fingerprint density at radius 1 is 1.38 bits per heavy atom. The second kappa shape index (κ2) is 6.77. The van der Waals surface area contributed by atoms with Crippen molar-refractivity contribution < 1.29 is 70.8 Å². The summed E-state index contributed by atoms with van der Waals surface area (Å²) in [6.07, 6.45) is -0.758.